The van der Waals surface area contributed by atoms with Crippen LogP contribution in [-0.4, -0.2) is 281 Å². The summed E-state index contributed by atoms with van der Waals surface area (Å²) < 4.78 is 132. The molecule has 22 heterocycles. The molecule has 0 amide bonds. The molecule has 12 aromatic heterocycles. The van der Waals surface area contributed by atoms with Gasteiger partial charge in [-0.25, -0.2) is 56.6 Å². The highest BCUT2D eigenvalue weighted by molar-refractivity contribution is 9.10. The molecule has 0 aliphatic carbocycles. The Kier molecular flexibility index (Phi) is 28.1. The molecule has 136 heavy (non-hydrogen) atoms. The Hall–Kier alpha value is -10.1. The smallest absolute Gasteiger partial charge is 0.489 e. The van der Waals surface area contributed by atoms with Crippen LogP contribution in [0.25, 0.3) is 38.8 Å². The Labute approximate surface area is 798 Å². The molecule has 724 valence electrons. The van der Waals surface area contributed by atoms with Gasteiger partial charge in [-0.1, -0.05) is 0 Å². The quantitative estimate of drug-likeness (QED) is 0.0318. The van der Waals surface area contributed by atoms with Crippen LogP contribution in [0, 0.1) is 17.5 Å². The number of hydrogen-bond donors (Lipinski definition) is 3. The van der Waals surface area contributed by atoms with Gasteiger partial charge in [0.25, 0.3) is 0 Å². The van der Waals surface area contributed by atoms with Crippen molar-refractivity contribution in [3.8, 4) is 57.1 Å². The third kappa shape index (κ3) is 22.1. The predicted octanol–water partition coefficient (Wildman–Crippen LogP) is 12.5. The van der Waals surface area contributed by atoms with Gasteiger partial charge >= 0.3 is 7.12 Å². The minimum absolute atomic E-state index is 0.0141. The number of ether oxygens (including phenoxy) is 6. The van der Waals surface area contributed by atoms with Crippen LogP contribution in [0.3, 0.4) is 0 Å². The number of aliphatic hydroxyl groups is 3. The highest BCUT2D eigenvalue weighted by atomic mass is 79.9. The van der Waals surface area contributed by atoms with Gasteiger partial charge in [-0.15, -0.1) is 0 Å². The zero-order chi connectivity index (χ0) is 97.4. The Morgan fingerprint density at radius 1 is 0.426 bits per heavy atom. The van der Waals surface area contributed by atoms with Gasteiger partial charge in [0.1, 0.15) is 75.9 Å². The van der Waals surface area contributed by atoms with Crippen LogP contribution in [0.15, 0.2) is 152 Å². The molecule has 12 aromatic rings. The van der Waals surface area contributed by atoms with E-state index < -0.39 is 74.0 Å². The summed E-state index contributed by atoms with van der Waals surface area (Å²) in [6, 6.07) is 24.7. The number of aromatic nitrogens is 12. The highest BCUT2D eigenvalue weighted by Gasteiger charge is 2.54. The van der Waals surface area contributed by atoms with E-state index in [0.717, 1.165) is 131 Å². The van der Waals surface area contributed by atoms with Crippen molar-refractivity contribution in [1.82, 2.24) is 73.4 Å². The Morgan fingerprint density at radius 2 is 0.728 bits per heavy atom. The van der Waals surface area contributed by atoms with Gasteiger partial charge in [0, 0.05) is 165 Å². The van der Waals surface area contributed by atoms with Crippen LogP contribution in [0.2, 0.25) is 0 Å². The number of methoxy groups -OCH3 is 3. The molecular weight excluding hydrogens is 1870 g/mol. The first-order valence-corrected chi connectivity index (χ1v) is 53.9. The van der Waals surface area contributed by atoms with Gasteiger partial charge in [-0.05, 0) is 234 Å². The number of nitrogens with zero attached hydrogens (tertiary/aromatic N) is 18. The van der Waals surface area contributed by atoms with E-state index in [1.54, 1.807) is 151 Å². The number of anilines is 3. The van der Waals surface area contributed by atoms with Gasteiger partial charge < -0.3 is 81.4 Å². The van der Waals surface area contributed by atoms with Crippen LogP contribution < -0.4 is 64.5 Å². The second kappa shape index (κ2) is 38.6. The minimum atomic E-state index is -2.62. The number of halogens is 4. The number of pyridine rings is 9. The lowest BCUT2D eigenvalue weighted by Crippen LogP contribution is -2.68. The summed E-state index contributed by atoms with van der Waals surface area (Å²) in [6.45, 7) is 36.1. The summed E-state index contributed by atoms with van der Waals surface area (Å²) >= 11 is 3.42. The van der Waals surface area contributed by atoms with Crippen molar-refractivity contribution < 1.29 is 79.9 Å². The highest BCUT2D eigenvalue weighted by Crippen LogP contribution is 2.46. The summed E-state index contributed by atoms with van der Waals surface area (Å²) in [5.74, 6) is 3.20. The van der Waals surface area contributed by atoms with E-state index in [0.29, 0.717) is 93.5 Å². The van der Waals surface area contributed by atoms with E-state index in [1.165, 1.54) is 45.9 Å². The molecule has 32 nitrogen and oxygen atoms in total. The largest absolute Gasteiger partial charge is 0.497 e. The van der Waals surface area contributed by atoms with Crippen molar-refractivity contribution in [3.05, 3.63) is 186 Å². The maximum absolute atomic E-state index is 14.1. The number of fused-ring (bicyclic) bond motifs is 9. The molecule has 40 heteroatoms. The molecule has 10 aliphatic heterocycles. The molecule has 10 saturated heterocycles. The fraction of sp³-hybridized carbons (Fsp3) is 0.469. The third-order valence-electron chi connectivity index (χ3n) is 25.9. The Morgan fingerprint density at radius 3 is 1.01 bits per heavy atom. The first-order valence-electron chi connectivity index (χ1n) is 45.3. The zero-order valence-corrected chi connectivity index (χ0v) is 84.5. The summed E-state index contributed by atoms with van der Waals surface area (Å²) in [6.07, 6.45) is 24.1. The lowest BCUT2D eigenvalue weighted by atomic mass is 9.78. The van der Waals surface area contributed by atoms with Crippen molar-refractivity contribution in [2.45, 2.75) is 172 Å². The summed E-state index contributed by atoms with van der Waals surface area (Å²) in [4.78, 5) is 40.5. The predicted molar refractivity (Wildman–Crippen MR) is 524 cm³/mol. The van der Waals surface area contributed by atoms with E-state index >= 15 is 0 Å². The van der Waals surface area contributed by atoms with Crippen LogP contribution in [0.5, 0.6) is 34.9 Å². The van der Waals surface area contributed by atoms with E-state index in [2.05, 4.69) is 80.6 Å². The number of piperidine rings is 3. The fourth-order valence-electron chi connectivity index (χ4n) is 18.2. The van der Waals surface area contributed by atoms with Crippen LogP contribution in [0.1, 0.15) is 105 Å². The van der Waals surface area contributed by atoms with Crippen LogP contribution in [-0.2, 0) is 42.6 Å². The number of piperazine rings is 3. The number of rotatable bonds is 27. The van der Waals surface area contributed by atoms with Gasteiger partial charge in [0.05, 0.1) is 119 Å². The third-order valence-corrected chi connectivity index (χ3v) is 30.8. The molecular formula is C96H120BBrF3N18O14P3. The SMILES string of the molecule is CC(C)(O)COc1cc(B2OC(C)(C)C(C)(C)O2)c2c(P(C)(C)=O)cnn2c1.COc1ncc(CN2C3CC2CN(c2ccc(-c4cc(OCC(C)(C)O)cn5ncc(P(C)(C)=O)c45)cn2)C3)cc1F.COc1ncc(CN2C3CC2CN(c2ccc(-c4cc(OCC(C)(C)O)cn5ncc(P(C)(C)=O)c45)cn2)C3)cc1F.COc1ncc(CN2C3CC2CN(c2ccc(Br)cn2)C3)cc1F. The molecule has 6 unspecified atom stereocenters. The normalized spacial score (nSPS) is 19.9. The standard InChI is InChI=1S/2C30H36FN6O4P.C19H30BN2O5P.C17H18BrFN4O/c2*1-30(2,38)18-41-23-10-24(28-26(42(4,5)39)13-34-37(28)17-23)20-6-7-27(32-12-20)35-15-21-9-22(16-35)36(21)14-19-8-25(31)29(40-3)33-11-19;1-17(2,23)12-25-13-9-14(20-26-18(3,4)19(5,6)27-20)16-15(28(7,8)24)10-21-22(16)11-13;1-24-17-15(19)4-11(6-21-17)8-23-13-5-14(23)10-22(9-13)16-3-2-12(18)7-20-16/h2*6-8,10-13,17,21-22,38H,9,14-16,18H2,1-5H3;9-11,23H,12H2,1-8H3;2-4,6-7,13-14H,5,8-10H2,1H3. The topological polar surface area (TPSA) is 334 Å². The first kappa shape index (κ1) is 98.9. The van der Waals surface area contributed by atoms with Crippen LogP contribution in [0.4, 0.5) is 30.6 Å². The maximum atomic E-state index is 14.1. The first-order chi connectivity index (χ1) is 64.0. The Balaban J connectivity index is 0.000000135. The molecule has 10 aliphatic rings. The van der Waals surface area contributed by atoms with Crippen molar-refractivity contribution >= 4 is 99.9 Å². The van der Waals surface area contributed by atoms with E-state index in [9.17, 15) is 42.2 Å². The maximum Gasteiger partial charge on any atom is 0.497 e. The molecule has 6 atom stereocenters. The summed E-state index contributed by atoms with van der Waals surface area (Å²) in [5.41, 5.74) is 4.83. The van der Waals surface area contributed by atoms with Crippen molar-refractivity contribution in [2.75, 3.05) is 135 Å². The molecule has 0 radical (unpaired) electrons. The summed E-state index contributed by atoms with van der Waals surface area (Å²) in [7, 11) is -4.22. The molecule has 0 saturated carbocycles. The Bertz CT molecular complexity index is 6230. The van der Waals surface area contributed by atoms with E-state index in [4.69, 9.17) is 47.7 Å². The van der Waals surface area contributed by atoms with Gasteiger partial charge in [-0.3, -0.25) is 14.7 Å². The number of hydrogen-bond acceptors (Lipinski definition) is 29. The zero-order valence-electron chi connectivity index (χ0n) is 80.2. The molecule has 0 spiro atoms. The van der Waals surface area contributed by atoms with Crippen molar-refractivity contribution in [1.29, 1.82) is 0 Å². The molecule has 10 fully saturated rings. The molecule has 0 aromatic carbocycles. The lowest BCUT2D eigenvalue weighted by molar-refractivity contribution is -0.00886. The van der Waals surface area contributed by atoms with Crippen molar-refractivity contribution in [3.63, 3.8) is 0 Å². The molecule has 6 bridgehead atoms. The van der Waals surface area contributed by atoms with Crippen molar-refractivity contribution in [2.24, 2.45) is 0 Å². The second-order valence-electron chi connectivity index (χ2n) is 40.2. The van der Waals surface area contributed by atoms with Gasteiger partial charge in [-0.2, -0.15) is 15.3 Å². The summed E-state index contributed by atoms with van der Waals surface area (Å²) in [5, 5.41) is 45.7. The molecule has 22 rings (SSSR count). The average Bonchev–Trinajstić information content (AvgIpc) is 1.63. The van der Waals surface area contributed by atoms with Gasteiger partial charge in [0.2, 0.25) is 17.6 Å². The monoisotopic (exact) mass is 1990 g/mol. The average molecular weight is 1990 g/mol. The fourth-order valence-corrected chi connectivity index (χ4v) is 21.6. The van der Waals surface area contributed by atoms with E-state index in [-0.39, 0.29) is 37.5 Å². The molecule has 3 N–H and O–H groups in total. The van der Waals surface area contributed by atoms with E-state index in [1.807, 2.05) is 101 Å². The second-order valence-corrected chi connectivity index (χ2v) is 50.7. The van der Waals surface area contributed by atoms with Gasteiger partial charge in [0.15, 0.2) is 17.5 Å². The van der Waals surface area contributed by atoms with Crippen LogP contribution >= 0.6 is 37.4 Å². The lowest BCUT2D eigenvalue weighted by Gasteiger charge is -2.56. The minimum Gasteiger partial charge on any atom is -0.489 e.